The maximum absolute atomic E-state index is 7.50. The predicted octanol–water partition coefficient (Wildman–Crippen LogP) is 1.69. The molecule has 0 saturated heterocycles. The minimum Gasteiger partial charge on any atom is 0 e. The smallest absolute Gasteiger partial charge is 0 e. The molecular formula is C7H10FeO3. The van der Waals surface area contributed by atoms with Gasteiger partial charge in [-0.15, -0.1) is 0 Å². The van der Waals surface area contributed by atoms with Crippen molar-refractivity contribution in [1.82, 2.24) is 0 Å². The molecule has 3 nitrogen and oxygen atoms in total. The summed E-state index contributed by atoms with van der Waals surface area (Å²) in [7, 11) is 0. The van der Waals surface area contributed by atoms with Gasteiger partial charge in [0, 0.05) is 17.1 Å². The van der Waals surface area contributed by atoms with E-state index in [1.165, 1.54) is 12.8 Å². The molecule has 0 N–H and O–H groups in total. The summed E-state index contributed by atoms with van der Waals surface area (Å²) in [5, 5.41) is 0. The van der Waals surface area contributed by atoms with Crippen LogP contribution in [0.1, 0.15) is 26.7 Å². The van der Waals surface area contributed by atoms with Gasteiger partial charge in [0.15, 0.2) is 0 Å². The van der Waals surface area contributed by atoms with E-state index in [2.05, 4.69) is 33.8 Å². The Morgan fingerprint density at radius 3 is 0.818 bits per heavy atom. The van der Waals surface area contributed by atoms with Crippen LogP contribution in [-0.4, -0.2) is 0 Å². The summed E-state index contributed by atoms with van der Waals surface area (Å²) in [5.74, 6) is 0. The molecule has 0 aromatic carbocycles. The molecule has 0 heterocycles. The summed E-state index contributed by atoms with van der Waals surface area (Å²) in [5.41, 5.74) is 0. The topological polar surface area (TPSA) is 59.7 Å². The first-order valence-corrected chi connectivity index (χ1v) is 2.53. The molecule has 0 saturated carbocycles. The van der Waals surface area contributed by atoms with Gasteiger partial charge in [-0.3, -0.25) is 0 Å². The van der Waals surface area contributed by atoms with Crippen LogP contribution >= 0.6 is 0 Å². The van der Waals surface area contributed by atoms with E-state index in [9.17, 15) is 0 Å². The van der Waals surface area contributed by atoms with Gasteiger partial charge in [-0.2, -0.15) is 0 Å². The monoisotopic (exact) mass is 198 g/mol. The van der Waals surface area contributed by atoms with Crippen LogP contribution in [-0.2, 0) is 31.0 Å². The normalized spacial score (nSPS) is 3.27. The zero-order valence-corrected chi connectivity index (χ0v) is 7.60. The van der Waals surface area contributed by atoms with Gasteiger partial charge in [0.25, 0.3) is 0 Å². The van der Waals surface area contributed by atoms with Crippen LogP contribution in [0.15, 0.2) is 0 Å². The van der Waals surface area contributed by atoms with E-state index in [0.717, 1.165) is 0 Å². The first-order chi connectivity index (χ1) is 4.91. The van der Waals surface area contributed by atoms with Gasteiger partial charge in [-0.25, -0.2) is 0 Å². The van der Waals surface area contributed by atoms with Gasteiger partial charge in [0.05, 0.1) is 0 Å². The Bertz CT molecular complexity index is 59.2. The number of rotatable bonds is 1. The van der Waals surface area contributed by atoms with Crippen LogP contribution < -0.4 is 0 Å². The summed E-state index contributed by atoms with van der Waals surface area (Å²) in [4.78, 5) is 0. The molecule has 4 heteroatoms. The second-order valence-electron chi connectivity index (χ2n) is 1.000. The van der Waals surface area contributed by atoms with E-state index < -0.39 is 0 Å². The van der Waals surface area contributed by atoms with E-state index in [0.29, 0.717) is 0 Å². The van der Waals surface area contributed by atoms with Gasteiger partial charge >= 0.3 is 33.9 Å². The Kier molecular flexibility index (Phi) is 691. The van der Waals surface area contributed by atoms with Crippen LogP contribution in [0.4, 0.5) is 0 Å². The van der Waals surface area contributed by atoms with Gasteiger partial charge in [0.2, 0.25) is 0 Å². The Hall–Kier alpha value is -0.261. The van der Waals surface area contributed by atoms with Gasteiger partial charge < -0.3 is 0 Å². The van der Waals surface area contributed by atoms with Crippen molar-refractivity contribution in [3.63, 3.8) is 0 Å². The second-order valence-corrected chi connectivity index (χ2v) is 1.000. The third-order valence-corrected chi connectivity index (χ3v) is 0.500. The van der Waals surface area contributed by atoms with Crippen LogP contribution in [0.25, 0.3) is 0 Å². The average Bonchev–Trinajstić information content (AvgIpc) is 2.14. The van der Waals surface area contributed by atoms with Crippen molar-refractivity contribution in [2.45, 2.75) is 26.7 Å². The van der Waals surface area contributed by atoms with Crippen molar-refractivity contribution in [2.24, 2.45) is 0 Å². The van der Waals surface area contributed by atoms with Crippen molar-refractivity contribution >= 4 is 0 Å². The number of hydrogen-bond acceptors (Lipinski definition) is 0. The second kappa shape index (κ2) is 246. The summed E-state index contributed by atoms with van der Waals surface area (Å²) in [6.45, 7) is 17.9. The zero-order valence-electron chi connectivity index (χ0n) is 6.49. The molecule has 0 bridgehead atoms. The van der Waals surface area contributed by atoms with Crippen molar-refractivity contribution in [3.8, 4) is 0 Å². The molecule has 64 valence electrons. The Morgan fingerprint density at radius 1 is 0.727 bits per heavy atom. The minimum absolute atomic E-state index is 0. The molecule has 0 aliphatic rings. The Balaban J connectivity index is -0.0000000152. The van der Waals surface area contributed by atoms with Crippen LogP contribution in [0, 0.1) is 20.0 Å². The predicted molar refractivity (Wildman–Crippen MR) is 32.4 cm³/mol. The van der Waals surface area contributed by atoms with E-state index in [4.69, 9.17) is 14.0 Å². The average molecular weight is 198 g/mol. The maximum Gasteiger partial charge on any atom is 0 e. The third-order valence-electron chi connectivity index (χ3n) is 0.500. The summed E-state index contributed by atoms with van der Waals surface area (Å²) in [6, 6.07) is 0. The number of hydrogen-bond donors (Lipinski definition) is 0. The first-order valence-electron chi connectivity index (χ1n) is 2.53. The summed E-state index contributed by atoms with van der Waals surface area (Å²) >= 11 is 0. The standard InChI is InChI=1S/C4H10.3CO.Fe/c1-3-4-2;3*1-2;/h3-4H2,1-2H3;;;;. The van der Waals surface area contributed by atoms with E-state index >= 15 is 0 Å². The number of unbranched alkanes of at least 4 members (excludes halogenated alkanes) is 1. The van der Waals surface area contributed by atoms with Gasteiger partial charge in [-0.1, -0.05) is 26.7 Å². The first kappa shape index (κ1) is 30.9. The molecule has 0 aromatic heterocycles. The Labute approximate surface area is 78.2 Å². The van der Waals surface area contributed by atoms with Crippen LogP contribution in [0.3, 0.4) is 0 Å². The van der Waals surface area contributed by atoms with Crippen LogP contribution in [0.2, 0.25) is 0 Å². The fourth-order valence-electron chi connectivity index (χ4n) is 0. The summed E-state index contributed by atoms with van der Waals surface area (Å²) in [6.07, 6.45) is 2.64. The fourth-order valence-corrected chi connectivity index (χ4v) is 0. The maximum atomic E-state index is 7.50. The molecule has 0 aliphatic heterocycles. The molecule has 0 spiro atoms. The summed E-state index contributed by atoms with van der Waals surface area (Å²) < 4.78 is 22.5. The largest absolute Gasteiger partial charge is 0 e. The van der Waals surface area contributed by atoms with Crippen molar-refractivity contribution in [2.75, 3.05) is 0 Å². The van der Waals surface area contributed by atoms with Crippen molar-refractivity contribution in [3.05, 3.63) is 20.0 Å². The van der Waals surface area contributed by atoms with E-state index in [1.54, 1.807) is 0 Å². The molecule has 0 atom stereocenters. The van der Waals surface area contributed by atoms with E-state index in [-0.39, 0.29) is 17.1 Å². The molecule has 0 aromatic rings. The van der Waals surface area contributed by atoms with Gasteiger partial charge in [0.1, 0.15) is 0 Å². The molecule has 11 heavy (non-hydrogen) atoms. The van der Waals surface area contributed by atoms with Gasteiger partial charge in [-0.05, 0) is 0 Å². The molecular weight excluding hydrogens is 188 g/mol. The van der Waals surface area contributed by atoms with Crippen molar-refractivity contribution in [1.29, 1.82) is 0 Å². The molecule has 0 amide bonds. The quantitative estimate of drug-likeness (QED) is 0.349. The molecule has 0 fully saturated rings. The molecule has 0 rings (SSSR count). The minimum atomic E-state index is 0. The van der Waals surface area contributed by atoms with Crippen molar-refractivity contribution < 1.29 is 31.0 Å². The van der Waals surface area contributed by atoms with E-state index in [1.807, 2.05) is 0 Å². The molecule has 0 unspecified atom stereocenters. The molecule has 0 radical (unpaired) electrons. The Morgan fingerprint density at radius 2 is 0.818 bits per heavy atom. The zero-order chi connectivity index (χ0) is 9.41. The molecule has 0 aliphatic carbocycles. The SMILES string of the molecule is CCCC.[C-]#[O+].[C-]#[O+].[C-]#[O+].[Fe]. The van der Waals surface area contributed by atoms with Crippen LogP contribution in [0.5, 0.6) is 0 Å². The fraction of sp³-hybridized carbons (Fsp3) is 0.571. The third kappa shape index (κ3) is 1070.